The quantitative estimate of drug-likeness (QED) is 0.368. The number of aryl methyl sites for hydroxylation is 1. The summed E-state index contributed by atoms with van der Waals surface area (Å²) >= 11 is 6.82. The molecule has 0 spiro atoms. The van der Waals surface area contributed by atoms with E-state index in [1.807, 2.05) is 45.6 Å². The van der Waals surface area contributed by atoms with Crippen LogP contribution in [0, 0.1) is 6.92 Å². The Balaban J connectivity index is 1.85. The van der Waals surface area contributed by atoms with E-state index in [-0.39, 0.29) is 30.4 Å². The molecule has 208 valence electrons. The third-order valence-corrected chi connectivity index (χ3v) is 7.61. The van der Waals surface area contributed by atoms with Crippen molar-refractivity contribution in [3.8, 4) is 16.9 Å². The standard InChI is InChI=1S/C28H31ClN8O3/c1-14(2)21-23(15(3)8-10-31-21)37-26-19(11-20(29)22(33-26)18-7-6-9-32-24(18)30)25(34-27(37)38)35-12-17(5)36(28(39)40)13-16(35)4/h6-11,14,16-17H,12-13H2,1-5H3,(H2,30,32)(H,39,40)/t16-,17+/m0/s1. The zero-order valence-electron chi connectivity index (χ0n) is 23.0. The summed E-state index contributed by atoms with van der Waals surface area (Å²) in [5, 5.41) is 10.5. The molecule has 4 aromatic rings. The fourth-order valence-corrected chi connectivity index (χ4v) is 5.56. The minimum atomic E-state index is -0.982. The number of nitrogens with zero attached hydrogens (tertiary/aromatic N) is 7. The smallest absolute Gasteiger partial charge is 0.407 e. The van der Waals surface area contributed by atoms with Gasteiger partial charge in [-0.3, -0.25) is 4.98 Å². The van der Waals surface area contributed by atoms with Crippen molar-refractivity contribution in [2.75, 3.05) is 23.7 Å². The third-order valence-electron chi connectivity index (χ3n) is 7.32. The van der Waals surface area contributed by atoms with Crippen LogP contribution in [0.25, 0.3) is 28.0 Å². The summed E-state index contributed by atoms with van der Waals surface area (Å²) < 4.78 is 1.49. The van der Waals surface area contributed by atoms with Gasteiger partial charge in [-0.05, 0) is 56.5 Å². The second-order valence-electron chi connectivity index (χ2n) is 10.5. The van der Waals surface area contributed by atoms with Crippen LogP contribution < -0.4 is 16.3 Å². The van der Waals surface area contributed by atoms with Gasteiger partial charge in [-0.15, -0.1) is 0 Å². The molecule has 0 unspecified atom stereocenters. The summed E-state index contributed by atoms with van der Waals surface area (Å²) in [6, 6.07) is 6.53. The van der Waals surface area contributed by atoms with E-state index in [1.165, 1.54) is 9.47 Å². The predicted molar refractivity (Wildman–Crippen MR) is 155 cm³/mol. The summed E-state index contributed by atoms with van der Waals surface area (Å²) in [6.45, 7) is 10.3. The molecule has 1 fully saturated rings. The summed E-state index contributed by atoms with van der Waals surface area (Å²) in [4.78, 5) is 47.4. The first-order chi connectivity index (χ1) is 19.0. The Morgan fingerprint density at radius 3 is 2.55 bits per heavy atom. The van der Waals surface area contributed by atoms with Crippen LogP contribution in [-0.2, 0) is 0 Å². The van der Waals surface area contributed by atoms with Crippen molar-refractivity contribution in [3.05, 3.63) is 63.4 Å². The molecule has 1 saturated heterocycles. The van der Waals surface area contributed by atoms with Crippen LogP contribution >= 0.6 is 11.6 Å². The number of aromatic nitrogens is 5. The van der Waals surface area contributed by atoms with E-state index in [4.69, 9.17) is 22.3 Å². The number of nitrogens with two attached hydrogens (primary N) is 1. The van der Waals surface area contributed by atoms with Crippen LogP contribution in [0.3, 0.4) is 0 Å². The zero-order valence-corrected chi connectivity index (χ0v) is 23.7. The highest BCUT2D eigenvalue weighted by atomic mass is 35.5. The van der Waals surface area contributed by atoms with E-state index >= 15 is 0 Å². The fourth-order valence-electron chi connectivity index (χ4n) is 5.31. The van der Waals surface area contributed by atoms with Crippen molar-refractivity contribution >= 4 is 40.4 Å². The van der Waals surface area contributed by atoms with Gasteiger partial charge < -0.3 is 20.6 Å². The highest BCUT2D eigenvalue weighted by Crippen LogP contribution is 2.36. The molecule has 1 aliphatic rings. The minimum absolute atomic E-state index is 0.0160. The summed E-state index contributed by atoms with van der Waals surface area (Å²) in [5.74, 6) is 0.669. The Kier molecular flexibility index (Phi) is 7.09. The predicted octanol–water partition coefficient (Wildman–Crippen LogP) is 4.48. The summed E-state index contributed by atoms with van der Waals surface area (Å²) in [5.41, 5.74) is 9.11. The SMILES string of the molecule is Cc1ccnc(C(C)C)c1-n1c(=O)nc(N2C[C@@H](C)N(C(=O)O)C[C@@H]2C)c2cc(Cl)c(-c3cccnc3N)nc21. The van der Waals surface area contributed by atoms with E-state index in [9.17, 15) is 14.7 Å². The molecule has 0 aromatic carbocycles. The van der Waals surface area contributed by atoms with Crippen molar-refractivity contribution < 1.29 is 9.90 Å². The van der Waals surface area contributed by atoms with E-state index in [0.29, 0.717) is 45.4 Å². The fraction of sp³-hybridized carbons (Fsp3) is 0.357. The average molecular weight is 563 g/mol. The van der Waals surface area contributed by atoms with Crippen LogP contribution in [0.4, 0.5) is 16.4 Å². The minimum Gasteiger partial charge on any atom is -0.465 e. The van der Waals surface area contributed by atoms with Gasteiger partial charge >= 0.3 is 11.8 Å². The Hall–Kier alpha value is -4.25. The van der Waals surface area contributed by atoms with Crippen LogP contribution in [0.5, 0.6) is 0 Å². The number of pyridine rings is 3. The number of anilines is 2. The third kappa shape index (κ3) is 4.60. The monoisotopic (exact) mass is 562 g/mol. The summed E-state index contributed by atoms with van der Waals surface area (Å²) in [7, 11) is 0. The molecule has 0 saturated carbocycles. The lowest BCUT2D eigenvalue weighted by Gasteiger charge is -2.43. The number of piperazine rings is 1. The van der Waals surface area contributed by atoms with E-state index in [1.54, 1.807) is 30.6 Å². The molecule has 40 heavy (non-hydrogen) atoms. The van der Waals surface area contributed by atoms with Gasteiger partial charge in [0.25, 0.3) is 0 Å². The maximum absolute atomic E-state index is 14.0. The first-order valence-electron chi connectivity index (χ1n) is 13.1. The van der Waals surface area contributed by atoms with Gasteiger partial charge in [-0.1, -0.05) is 25.4 Å². The molecule has 12 heteroatoms. The molecular formula is C28H31ClN8O3. The number of nitrogen functional groups attached to an aromatic ring is 1. The van der Waals surface area contributed by atoms with Crippen LogP contribution in [-0.4, -0.2) is 65.8 Å². The number of rotatable bonds is 4. The van der Waals surface area contributed by atoms with Crippen molar-refractivity contribution in [2.45, 2.75) is 52.6 Å². The molecule has 0 bridgehead atoms. The number of halogens is 1. The lowest BCUT2D eigenvalue weighted by Crippen LogP contribution is -2.58. The zero-order chi connectivity index (χ0) is 28.9. The van der Waals surface area contributed by atoms with Crippen molar-refractivity contribution in [2.24, 2.45) is 0 Å². The molecule has 0 radical (unpaired) electrons. The first-order valence-corrected chi connectivity index (χ1v) is 13.4. The van der Waals surface area contributed by atoms with Crippen LogP contribution in [0.15, 0.2) is 41.5 Å². The average Bonchev–Trinajstić information content (AvgIpc) is 2.90. The Morgan fingerprint density at radius 1 is 1.12 bits per heavy atom. The number of carboxylic acid groups (broad SMARTS) is 1. The Labute approximate surface area is 236 Å². The second-order valence-corrected chi connectivity index (χ2v) is 10.9. The van der Waals surface area contributed by atoms with Crippen molar-refractivity contribution in [3.63, 3.8) is 0 Å². The maximum Gasteiger partial charge on any atom is 0.407 e. The number of fused-ring (bicyclic) bond motifs is 1. The molecule has 0 aliphatic carbocycles. The lowest BCUT2D eigenvalue weighted by molar-refractivity contribution is 0.114. The lowest BCUT2D eigenvalue weighted by atomic mass is 10.0. The normalized spacial score (nSPS) is 17.6. The first kappa shape index (κ1) is 27.3. The topological polar surface area (TPSA) is 143 Å². The number of hydrogen-bond donors (Lipinski definition) is 2. The van der Waals surface area contributed by atoms with Gasteiger partial charge in [-0.25, -0.2) is 24.1 Å². The summed E-state index contributed by atoms with van der Waals surface area (Å²) in [6.07, 6.45) is 2.32. The van der Waals surface area contributed by atoms with E-state index < -0.39 is 11.8 Å². The molecule has 1 amide bonds. The Bertz CT molecular complexity index is 1690. The number of amides is 1. The molecule has 11 nitrogen and oxygen atoms in total. The van der Waals surface area contributed by atoms with Gasteiger partial charge in [0.1, 0.15) is 11.6 Å². The van der Waals surface area contributed by atoms with Gasteiger partial charge in [0.2, 0.25) is 0 Å². The van der Waals surface area contributed by atoms with Crippen molar-refractivity contribution in [1.29, 1.82) is 0 Å². The molecule has 4 aromatic heterocycles. The molecule has 2 atom stereocenters. The second kappa shape index (κ2) is 10.4. The molecule has 3 N–H and O–H groups in total. The van der Waals surface area contributed by atoms with E-state index in [0.717, 1.165) is 11.3 Å². The van der Waals surface area contributed by atoms with Crippen molar-refractivity contribution in [1.82, 2.24) is 29.4 Å². The molecular weight excluding hydrogens is 532 g/mol. The van der Waals surface area contributed by atoms with Crippen LogP contribution in [0.1, 0.15) is 44.9 Å². The maximum atomic E-state index is 14.0. The van der Waals surface area contributed by atoms with Gasteiger partial charge in [-0.2, -0.15) is 4.98 Å². The number of carbonyl (C=O) groups is 1. The Morgan fingerprint density at radius 2 is 1.88 bits per heavy atom. The van der Waals surface area contributed by atoms with Gasteiger partial charge in [0.05, 0.1) is 27.5 Å². The van der Waals surface area contributed by atoms with Gasteiger partial charge in [0.15, 0.2) is 5.65 Å². The van der Waals surface area contributed by atoms with Crippen LogP contribution in [0.2, 0.25) is 5.02 Å². The highest BCUT2D eigenvalue weighted by molar-refractivity contribution is 6.34. The van der Waals surface area contributed by atoms with E-state index in [2.05, 4.69) is 15.0 Å². The van der Waals surface area contributed by atoms with Gasteiger partial charge in [0, 0.05) is 43.1 Å². The molecule has 5 heterocycles. The molecule has 5 rings (SSSR count). The number of hydrogen-bond acceptors (Lipinski definition) is 8. The highest BCUT2D eigenvalue weighted by Gasteiger charge is 2.34. The molecule has 1 aliphatic heterocycles. The largest absolute Gasteiger partial charge is 0.465 e.